The van der Waals surface area contributed by atoms with E-state index in [1.165, 1.54) is 6.08 Å². The van der Waals surface area contributed by atoms with E-state index in [9.17, 15) is 9.59 Å². The minimum atomic E-state index is -0.699. The van der Waals surface area contributed by atoms with E-state index in [0.717, 1.165) is 5.56 Å². The molecule has 2 N–H and O–H groups in total. The van der Waals surface area contributed by atoms with Crippen LogP contribution < -0.4 is 15.2 Å². The first-order valence-corrected chi connectivity index (χ1v) is 6.00. The molecule has 6 nitrogen and oxygen atoms in total. The van der Waals surface area contributed by atoms with Gasteiger partial charge in [-0.2, -0.15) is 0 Å². The molecule has 0 radical (unpaired) electrons. The first kappa shape index (κ1) is 15.6. The van der Waals surface area contributed by atoms with Crippen LogP contribution in [0.15, 0.2) is 24.3 Å². The number of hydrogen-bond acceptors (Lipinski definition) is 5. The van der Waals surface area contributed by atoms with Crippen LogP contribution in [0, 0.1) is 0 Å². The molecule has 108 valence electrons. The summed E-state index contributed by atoms with van der Waals surface area (Å²) >= 11 is 0. The first-order chi connectivity index (χ1) is 9.56. The Morgan fingerprint density at radius 2 is 2.05 bits per heavy atom. The largest absolute Gasteiger partial charge is 0.493 e. The fourth-order valence-corrected chi connectivity index (χ4v) is 1.42. The minimum absolute atomic E-state index is 0.435. The van der Waals surface area contributed by atoms with E-state index in [1.807, 2.05) is 6.92 Å². The van der Waals surface area contributed by atoms with Gasteiger partial charge in [0.05, 0.1) is 13.7 Å². The molecule has 0 fully saturated rings. The lowest BCUT2D eigenvalue weighted by molar-refractivity contribution is -0.142. The molecule has 0 aliphatic heterocycles. The second-order valence-electron chi connectivity index (χ2n) is 3.75. The van der Waals surface area contributed by atoms with Crippen LogP contribution in [0.1, 0.15) is 12.5 Å². The first-order valence-electron chi connectivity index (χ1n) is 6.00. The smallest absolute Gasteiger partial charge is 0.331 e. The van der Waals surface area contributed by atoms with Gasteiger partial charge >= 0.3 is 5.97 Å². The molecule has 0 aliphatic rings. The van der Waals surface area contributed by atoms with E-state index in [2.05, 4.69) is 4.74 Å². The van der Waals surface area contributed by atoms with Crippen molar-refractivity contribution in [3.8, 4) is 11.5 Å². The van der Waals surface area contributed by atoms with Gasteiger partial charge in [-0.1, -0.05) is 6.07 Å². The van der Waals surface area contributed by atoms with Crippen molar-refractivity contribution in [2.24, 2.45) is 5.73 Å². The molecule has 0 aromatic heterocycles. The molecular weight excluding hydrogens is 262 g/mol. The zero-order valence-electron chi connectivity index (χ0n) is 11.4. The number of rotatable bonds is 7. The lowest BCUT2D eigenvalue weighted by Gasteiger charge is -2.09. The van der Waals surface area contributed by atoms with Crippen LogP contribution in [-0.2, 0) is 14.3 Å². The van der Waals surface area contributed by atoms with Gasteiger partial charge in [0, 0.05) is 6.08 Å². The summed E-state index contributed by atoms with van der Waals surface area (Å²) in [6.45, 7) is 1.93. The van der Waals surface area contributed by atoms with E-state index in [1.54, 1.807) is 31.4 Å². The van der Waals surface area contributed by atoms with E-state index in [-0.39, 0.29) is 0 Å². The van der Waals surface area contributed by atoms with E-state index >= 15 is 0 Å². The van der Waals surface area contributed by atoms with Crippen LogP contribution in [0.4, 0.5) is 0 Å². The number of methoxy groups -OCH3 is 1. The number of amides is 1. The molecule has 1 aromatic carbocycles. The number of primary amides is 1. The average Bonchev–Trinajstić information content (AvgIpc) is 2.43. The Morgan fingerprint density at radius 3 is 2.65 bits per heavy atom. The highest BCUT2D eigenvalue weighted by Crippen LogP contribution is 2.28. The highest BCUT2D eigenvalue weighted by Gasteiger charge is 2.05. The third-order valence-corrected chi connectivity index (χ3v) is 2.26. The Hall–Kier alpha value is -2.50. The second-order valence-corrected chi connectivity index (χ2v) is 3.75. The lowest BCUT2D eigenvalue weighted by atomic mass is 10.2. The predicted octanol–water partition coefficient (Wildman–Crippen LogP) is 1.14. The van der Waals surface area contributed by atoms with Gasteiger partial charge in [0.1, 0.15) is 0 Å². The average molecular weight is 279 g/mol. The Balaban J connectivity index is 2.74. The number of carbonyl (C=O) groups excluding carboxylic acids is 2. The van der Waals surface area contributed by atoms with Crippen LogP contribution >= 0.6 is 0 Å². The molecule has 0 atom stereocenters. The van der Waals surface area contributed by atoms with Gasteiger partial charge in [0.2, 0.25) is 0 Å². The Bertz CT molecular complexity index is 510. The van der Waals surface area contributed by atoms with E-state index in [0.29, 0.717) is 18.1 Å². The van der Waals surface area contributed by atoms with Crippen molar-refractivity contribution in [2.75, 3.05) is 20.3 Å². The summed E-state index contributed by atoms with van der Waals surface area (Å²) in [7, 11) is 1.55. The molecule has 0 saturated carbocycles. The van der Waals surface area contributed by atoms with Gasteiger partial charge in [-0.05, 0) is 30.7 Å². The molecule has 1 amide bonds. The molecule has 1 rings (SSSR count). The fraction of sp³-hybridized carbons (Fsp3) is 0.286. The third-order valence-electron chi connectivity index (χ3n) is 2.26. The Morgan fingerprint density at radius 1 is 1.30 bits per heavy atom. The third kappa shape index (κ3) is 5.01. The van der Waals surface area contributed by atoms with Gasteiger partial charge in [0.25, 0.3) is 5.91 Å². The summed E-state index contributed by atoms with van der Waals surface area (Å²) in [4.78, 5) is 21.7. The van der Waals surface area contributed by atoms with Crippen LogP contribution in [0.25, 0.3) is 6.08 Å². The number of esters is 1. The molecule has 0 unspecified atom stereocenters. The Labute approximate surface area is 117 Å². The van der Waals surface area contributed by atoms with Gasteiger partial charge < -0.3 is 19.9 Å². The van der Waals surface area contributed by atoms with Crippen molar-refractivity contribution in [1.82, 2.24) is 0 Å². The van der Waals surface area contributed by atoms with Crippen molar-refractivity contribution in [1.29, 1.82) is 0 Å². The van der Waals surface area contributed by atoms with Crippen LogP contribution in [-0.4, -0.2) is 32.2 Å². The molecule has 20 heavy (non-hydrogen) atoms. The van der Waals surface area contributed by atoms with Crippen molar-refractivity contribution in [3.63, 3.8) is 0 Å². The normalized spacial score (nSPS) is 10.3. The zero-order valence-corrected chi connectivity index (χ0v) is 11.4. The number of benzene rings is 1. The van der Waals surface area contributed by atoms with Gasteiger partial charge in [0.15, 0.2) is 18.1 Å². The highest BCUT2D eigenvalue weighted by atomic mass is 16.5. The predicted molar refractivity (Wildman–Crippen MR) is 73.4 cm³/mol. The summed E-state index contributed by atoms with van der Waals surface area (Å²) in [5.74, 6) is -0.143. The molecule has 0 saturated heterocycles. The van der Waals surface area contributed by atoms with Crippen LogP contribution in [0.2, 0.25) is 0 Å². The molecule has 0 bridgehead atoms. The van der Waals surface area contributed by atoms with Gasteiger partial charge in [-0.3, -0.25) is 4.79 Å². The second kappa shape index (κ2) is 7.83. The molecule has 0 spiro atoms. The summed E-state index contributed by atoms with van der Waals surface area (Å²) in [6.07, 6.45) is 2.76. The SMILES string of the molecule is CCOc1cc(/C=C/C(=O)OCC(N)=O)ccc1OC. The molecular formula is C14H17NO5. The van der Waals surface area contributed by atoms with Crippen molar-refractivity contribution >= 4 is 18.0 Å². The summed E-state index contributed by atoms with van der Waals surface area (Å²) in [5, 5.41) is 0. The monoisotopic (exact) mass is 279 g/mol. The molecule has 0 heterocycles. The van der Waals surface area contributed by atoms with Crippen molar-refractivity contribution in [3.05, 3.63) is 29.8 Å². The number of carbonyl (C=O) groups is 2. The fourth-order valence-electron chi connectivity index (χ4n) is 1.42. The van der Waals surface area contributed by atoms with Crippen LogP contribution in [0.5, 0.6) is 11.5 Å². The maximum absolute atomic E-state index is 11.3. The van der Waals surface area contributed by atoms with Gasteiger partial charge in [-0.15, -0.1) is 0 Å². The lowest BCUT2D eigenvalue weighted by Crippen LogP contribution is -2.19. The number of ether oxygens (including phenoxy) is 3. The van der Waals surface area contributed by atoms with E-state index < -0.39 is 18.5 Å². The molecule has 0 aliphatic carbocycles. The van der Waals surface area contributed by atoms with E-state index in [4.69, 9.17) is 15.2 Å². The van der Waals surface area contributed by atoms with Crippen LogP contribution in [0.3, 0.4) is 0 Å². The molecule has 1 aromatic rings. The highest BCUT2D eigenvalue weighted by molar-refractivity contribution is 5.89. The molecule has 6 heteroatoms. The maximum Gasteiger partial charge on any atom is 0.331 e. The quantitative estimate of drug-likeness (QED) is 0.597. The summed E-state index contributed by atoms with van der Waals surface area (Å²) in [6, 6.07) is 5.23. The van der Waals surface area contributed by atoms with Crippen molar-refractivity contribution < 1.29 is 23.8 Å². The Kier molecular flexibility index (Phi) is 6.09. The standard InChI is InChI=1S/C14H17NO5/c1-3-19-12-8-10(4-6-11(12)18-2)5-7-14(17)20-9-13(15)16/h4-8H,3,9H2,1-2H3,(H2,15,16)/b7-5+. The number of nitrogens with two attached hydrogens (primary N) is 1. The van der Waals surface area contributed by atoms with Gasteiger partial charge in [-0.25, -0.2) is 4.79 Å². The number of hydrogen-bond donors (Lipinski definition) is 1. The van der Waals surface area contributed by atoms with Crippen molar-refractivity contribution in [2.45, 2.75) is 6.92 Å². The zero-order chi connectivity index (χ0) is 15.0. The minimum Gasteiger partial charge on any atom is -0.493 e. The summed E-state index contributed by atoms with van der Waals surface area (Å²) in [5.41, 5.74) is 5.60. The topological polar surface area (TPSA) is 87.9 Å². The maximum atomic E-state index is 11.3. The summed E-state index contributed by atoms with van der Waals surface area (Å²) < 4.78 is 15.2.